The van der Waals surface area contributed by atoms with Gasteiger partial charge in [0.25, 0.3) is 0 Å². The van der Waals surface area contributed by atoms with Crippen molar-refractivity contribution in [2.45, 2.75) is 9.79 Å². The number of ether oxygens (including phenoxy) is 1. The molecule has 3 aromatic rings. The summed E-state index contributed by atoms with van der Waals surface area (Å²) in [6.07, 6.45) is 0. The predicted molar refractivity (Wildman–Crippen MR) is 95.2 cm³/mol. The summed E-state index contributed by atoms with van der Waals surface area (Å²) in [4.78, 5) is 16.6. The third-order valence-electron chi connectivity index (χ3n) is 3.22. The number of esters is 1. The lowest BCUT2D eigenvalue weighted by atomic mass is 10.2. The minimum Gasteiger partial charge on any atom is -0.464 e. The van der Waals surface area contributed by atoms with Crippen LogP contribution in [0.4, 0.5) is 0 Å². The lowest BCUT2D eigenvalue weighted by Crippen LogP contribution is -2.00. The predicted octanol–water partition coefficient (Wildman–Crippen LogP) is 6.07. The molecule has 23 heavy (non-hydrogen) atoms. The van der Waals surface area contributed by atoms with Crippen LogP contribution in [-0.2, 0) is 4.74 Å². The van der Waals surface area contributed by atoms with Gasteiger partial charge in [0.1, 0.15) is 5.69 Å². The number of methoxy groups -OCH3 is 1. The maximum absolute atomic E-state index is 11.7. The van der Waals surface area contributed by atoms with E-state index in [1.165, 1.54) is 18.9 Å². The zero-order valence-electron chi connectivity index (χ0n) is 11.8. The fourth-order valence-electron chi connectivity index (χ4n) is 2.13. The SMILES string of the molecule is COC(=O)c1cc2c(Sc3ccc(Cl)cc3)cc(Cl)c(Cl)c2[nH]1. The normalized spacial score (nSPS) is 11.0. The van der Waals surface area contributed by atoms with Crippen molar-refractivity contribution in [3.8, 4) is 0 Å². The van der Waals surface area contributed by atoms with Gasteiger partial charge in [-0.1, -0.05) is 46.6 Å². The molecule has 0 aliphatic heterocycles. The first-order valence-corrected chi connectivity index (χ1v) is 8.47. The van der Waals surface area contributed by atoms with Crippen LogP contribution in [0.5, 0.6) is 0 Å². The van der Waals surface area contributed by atoms with Gasteiger partial charge < -0.3 is 9.72 Å². The number of H-pyrrole nitrogens is 1. The van der Waals surface area contributed by atoms with E-state index in [1.54, 1.807) is 12.1 Å². The molecule has 2 aromatic carbocycles. The third-order valence-corrected chi connectivity index (χ3v) is 5.32. The molecule has 0 bridgehead atoms. The van der Waals surface area contributed by atoms with Crippen LogP contribution >= 0.6 is 46.6 Å². The first kappa shape index (κ1) is 16.5. The summed E-state index contributed by atoms with van der Waals surface area (Å²) < 4.78 is 4.74. The van der Waals surface area contributed by atoms with Crippen LogP contribution in [0.15, 0.2) is 46.2 Å². The van der Waals surface area contributed by atoms with Gasteiger partial charge in [-0.25, -0.2) is 4.79 Å². The van der Waals surface area contributed by atoms with E-state index in [4.69, 9.17) is 39.5 Å². The Labute approximate surface area is 151 Å². The number of fused-ring (bicyclic) bond motifs is 1. The number of carbonyl (C=O) groups excluding carboxylic acids is 1. The van der Waals surface area contributed by atoms with E-state index in [1.807, 2.05) is 24.3 Å². The molecular formula is C16H10Cl3NO2S. The van der Waals surface area contributed by atoms with Crippen LogP contribution in [0.3, 0.4) is 0 Å². The van der Waals surface area contributed by atoms with Gasteiger partial charge in [0.15, 0.2) is 0 Å². The van der Waals surface area contributed by atoms with Crippen molar-refractivity contribution in [1.29, 1.82) is 0 Å². The minimum absolute atomic E-state index is 0.324. The van der Waals surface area contributed by atoms with Crippen LogP contribution in [0.2, 0.25) is 15.1 Å². The number of nitrogens with one attached hydrogen (secondary N) is 1. The Morgan fingerprint density at radius 1 is 1.13 bits per heavy atom. The lowest BCUT2D eigenvalue weighted by molar-refractivity contribution is 0.0595. The summed E-state index contributed by atoms with van der Waals surface area (Å²) in [6.45, 7) is 0. The van der Waals surface area contributed by atoms with Gasteiger partial charge in [-0.2, -0.15) is 0 Å². The molecule has 0 fully saturated rings. The maximum atomic E-state index is 11.7. The van der Waals surface area contributed by atoms with Gasteiger partial charge in [0.05, 0.1) is 22.7 Å². The molecule has 0 atom stereocenters. The molecule has 0 aliphatic carbocycles. The van der Waals surface area contributed by atoms with Crippen LogP contribution in [0.25, 0.3) is 10.9 Å². The second-order valence-corrected chi connectivity index (χ2v) is 7.03. The molecule has 0 aliphatic rings. The first-order valence-electron chi connectivity index (χ1n) is 6.52. The van der Waals surface area contributed by atoms with E-state index in [0.717, 1.165) is 15.2 Å². The molecule has 0 radical (unpaired) electrons. The summed E-state index contributed by atoms with van der Waals surface area (Å²) in [7, 11) is 1.33. The van der Waals surface area contributed by atoms with Crippen molar-refractivity contribution in [2.75, 3.05) is 7.11 Å². The Morgan fingerprint density at radius 2 is 1.83 bits per heavy atom. The van der Waals surface area contributed by atoms with E-state index in [0.29, 0.717) is 26.3 Å². The van der Waals surface area contributed by atoms with Gasteiger partial charge in [0, 0.05) is 20.2 Å². The van der Waals surface area contributed by atoms with Crippen LogP contribution in [0.1, 0.15) is 10.5 Å². The Balaban J connectivity index is 2.12. The Bertz CT molecular complexity index is 890. The van der Waals surface area contributed by atoms with Crippen LogP contribution in [-0.4, -0.2) is 18.1 Å². The fourth-order valence-corrected chi connectivity index (χ4v) is 3.70. The smallest absolute Gasteiger partial charge is 0.354 e. The highest BCUT2D eigenvalue weighted by molar-refractivity contribution is 7.99. The second kappa shape index (κ2) is 6.65. The highest BCUT2D eigenvalue weighted by atomic mass is 35.5. The fraction of sp³-hybridized carbons (Fsp3) is 0.0625. The average Bonchev–Trinajstić information content (AvgIpc) is 2.99. The summed E-state index contributed by atoms with van der Waals surface area (Å²) >= 11 is 19.9. The summed E-state index contributed by atoms with van der Waals surface area (Å²) in [5.41, 5.74) is 0.931. The molecule has 118 valence electrons. The topological polar surface area (TPSA) is 42.1 Å². The van der Waals surface area contributed by atoms with E-state index < -0.39 is 5.97 Å². The van der Waals surface area contributed by atoms with Gasteiger partial charge in [-0.3, -0.25) is 0 Å². The van der Waals surface area contributed by atoms with E-state index >= 15 is 0 Å². The first-order chi connectivity index (χ1) is 11.0. The quantitative estimate of drug-likeness (QED) is 0.556. The van der Waals surface area contributed by atoms with Gasteiger partial charge in [-0.15, -0.1) is 0 Å². The second-order valence-electron chi connectivity index (χ2n) is 4.69. The highest BCUT2D eigenvalue weighted by Gasteiger charge is 2.17. The Hall–Kier alpha value is -1.33. The molecule has 0 amide bonds. The van der Waals surface area contributed by atoms with E-state index in [-0.39, 0.29) is 0 Å². The van der Waals surface area contributed by atoms with Gasteiger partial charge in [0.2, 0.25) is 0 Å². The largest absolute Gasteiger partial charge is 0.464 e. The van der Waals surface area contributed by atoms with Gasteiger partial charge >= 0.3 is 5.97 Å². The minimum atomic E-state index is -0.462. The number of hydrogen-bond acceptors (Lipinski definition) is 3. The number of benzene rings is 2. The molecule has 0 unspecified atom stereocenters. The number of rotatable bonds is 3. The number of aromatic nitrogens is 1. The average molecular weight is 387 g/mol. The number of carbonyl (C=O) groups is 1. The van der Waals surface area contributed by atoms with Crippen molar-refractivity contribution in [2.24, 2.45) is 0 Å². The van der Waals surface area contributed by atoms with Crippen LogP contribution in [0, 0.1) is 0 Å². The lowest BCUT2D eigenvalue weighted by Gasteiger charge is -2.06. The maximum Gasteiger partial charge on any atom is 0.354 e. The van der Waals surface area contributed by atoms with Crippen molar-refractivity contribution in [1.82, 2.24) is 4.98 Å². The van der Waals surface area contributed by atoms with Gasteiger partial charge in [-0.05, 0) is 36.4 Å². The summed E-state index contributed by atoms with van der Waals surface area (Å²) in [5, 5.41) is 2.26. The summed E-state index contributed by atoms with van der Waals surface area (Å²) in [6, 6.07) is 10.9. The Kier molecular flexibility index (Phi) is 4.78. The number of halogens is 3. The molecule has 0 spiro atoms. The van der Waals surface area contributed by atoms with Crippen molar-refractivity contribution in [3.63, 3.8) is 0 Å². The molecule has 0 saturated heterocycles. The molecular weight excluding hydrogens is 377 g/mol. The Morgan fingerprint density at radius 3 is 2.48 bits per heavy atom. The molecule has 3 nitrogen and oxygen atoms in total. The monoisotopic (exact) mass is 385 g/mol. The number of aromatic amines is 1. The molecule has 1 aromatic heterocycles. The van der Waals surface area contributed by atoms with Crippen molar-refractivity contribution >= 4 is 63.4 Å². The van der Waals surface area contributed by atoms with Crippen molar-refractivity contribution < 1.29 is 9.53 Å². The van der Waals surface area contributed by atoms with E-state index in [2.05, 4.69) is 4.98 Å². The summed E-state index contributed by atoms with van der Waals surface area (Å²) in [5.74, 6) is -0.462. The standard InChI is InChI=1S/C16H10Cl3NO2S/c1-22-16(21)12-6-10-13(7-11(18)14(19)15(10)20-12)23-9-4-2-8(17)3-5-9/h2-7,20H,1H3. The molecule has 7 heteroatoms. The van der Waals surface area contributed by atoms with Crippen LogP contribution < -0.4 is 0 Å². The molecule has 0 saturated carbocycles. The number of hydrogen-bond donors (Lipinski definition) is 1. The zero-order chi connectivity index (χ0) is 16.6. The van der Waals surface area contributed by atoms with Crippen molar-refractivity contribution in [3.05, 3.63) is 57.2 Å². The molecule has 3 rings (SSSR count). The molecule has 1 N–H and O–H groups in total. The highest BCUT2D eigenvalue weighted by Crippen LogP contribution is 2.40. The van der Waals surface area contributed by atoms with E-state index in [9.17, 15) is 4.79 Å². The third kappa shape index (κ3) is 3.31. The zero-order valence-corrected chi connectivity index (χ0v) is 14.9. The molecule has 1 heterocycles.